The molecule has 1 aliphatic rings. The minimum absolute atomic E-state index is 0.116. The molecule has 1 atom stereocenters. The summed E-state index contributed by atoms with van der Waals surface area (Å²) in [6.07, 6.45) is 10.1. The first-order chi connectivity index (χ1) is 19.9. The lowest BCUT2D eigenvalue weighted by Crippen LogP contribution is -2.41. The molecule has 2 heterocycles. The van der Waals surface area contributed by atoms with Crippen LogP contribution in [0.15, 0.2) is 67.0 Å². The number of aromatic nitrogens is 4. The van der Waals surface area contributed by atoms with Crippen LogP contribution in [0.4, 0.5) is 11.8 Å². The molecule has 0 saturated heterocycles. The highest BCUT2D eigenvalue weighted by Crippen LogP contribution is 2.29. The minimum Gasteiger partial charge on any atom is -0.358 e. The van der Waals surface area contributed by atoms with E-state index in [0.29, 0.717) is 58.1 Å². The molecule has 3 N–H and O–H groups in total. The number of anilines is 2. The van der Waals surface area contributed by atoms with Gasteiger partial charge in [-0.3, -0.25) is 4.79 Å². The number of nitrogens with one attached hydrogen (secondary N) is 3. The Morgan fingerprint density at radius 2 is 1.78 bits per heavy atom. The number of carbonyl (C=O) groups is 1. The van der Waals surface area contributed by atoms with Crippen molar-refractivity contribution in [1.82, 2.24) is 25.1 Å². The van der Waals surface area contributed by atoms with Crippen LogP contribution in [0.1, 0.15) is 49.7 Å². The fourth-order valence-corrected chi connectivity index (χ4v) is 5.76. The highest BCUT2D eigenvalue weighted by molar-refractivity contribution is 6.35. The van der Waals surface area contributed by atoms with Crippen LogP contribution in [0, 0.1) is 5.92 Å². The molecule has 0 bridgehead atoms. The second-order valence-electron chi connectivity index (χ2n) is 10.3. The zero-order valence-corrected chi connectivity index (χ0v) is 24.8. The first kappa shape index (κ1) is 29.2. The van der Waals surface area contributed by atoms with Crippen LogP contribution < -0.4 is 16.0 Å². The number of benzene rings is 2. The van der Waals surface area contributed by atoms with Crippen molar-refractivity contribution in [2.45, 2.75) is 57.7 Å². The van der Waals surface area contributed by atoms with Gasteiger partial charge in [0.1, 0.15) is 11.9 Å². The van der Waals surface area contributed by atoms with Gasteiger partial charge >= 0.3 is 0 Å². The molecule has 5 rings (SSSR count). The highest BCUT2D eigenvalue weighted by atomic mass is 35.5. The smallest absolute Gasteiger partial charge is 0.242 e. The quantitative estimate of drug-likeness (QED) is 0.164. The molecule has 4 aromatic rings. The van der Waals surface area contributed by atoms with Gasteiger partial charge in [-0.25, -0.2) is 4.68 Å². The van der Waals surface area contributed by atoms with E-state index in [2.05, 4.69) is 26.0 Å². The van der Waals surface area contributed by atoms with E-state index in [4.69, 9.17) is 39.8 Å². The molecule has 2 aromatic heterocycles. The Hall–Kier alpha value is -3.33. The largest absolute Gasteiger partial charge is 0.358 e. The summed E-state index contributed by atoms with van der Waals surface area (Å²) in [6.45, 7) is 0.781. The zero-order valence-electron chi connectivity index (χ0n) is 22.5. The molecule has 41 heavy (non-hydrogen) atoms. The van der Waals surface area contributed by atoms with Crippen molar-refractivity contribution in [2.75, 3.05) is 10.6 Å². The predicted molar refractivity (Wildman–Crippen MR) is 165 cm³/mol. The number of hydrogen-bond donors (Lipinski definition) is 3. The fourth-order valence-electron chi connectivity index (χ4n) is 5.07. The number of hydrogen-bond acceptors (Lipinski definition) is 6. The molecular formula is C30H32Cl3N7O. The van der Waals surface area contributed by atoms with Gasteiger partial charge in [-0.15, -0.1) is 0 Å². The summed E-state index contributed by atoms with van der Waals surface area (Å²) >= 11 is 18.6. The van der Waals surface area contributed by atoms with Crippen LogP contribution in [0.25, 0.3) is 5.82 Å². The fraction of sp³-hybridized carbons (Fsp3) is 0.333. The lowest BCUT2D eigenvalue weighted by atomic mass is 9.84. The van der Waals surface area contributed by atoms with Gasteiger partial charge in [-0.05, 0) is 53.8 Å². The van der Waals surface area contributed by atoms with Crippen molar-refractivity contribution >= 4 is 52.5 Å². The maximum absolute atomic E-state index is 13.6. The third kappa shape index (κ3) is 8.35. The predicted octanol–water partition coefficient (Wildman–Crippen LogP) is 7.30. The van der Waals surface area contributed by atoms with E-state index in [1.807, 2.05) is 42.6 Å². The molecule has 214 valence electrons. The first-order valence-electron chi connectivity index (χ1n) is 13.8. The Balaban J connectivity index is 1.37. The van der Waals surface area contributed by atoms with Crippen molar-refractivity contribution in [2.24, 2.45) is 5.92 Å². The molecule has 1 amide bonds. The molecular weight excluding hydrogens is 581 g/mol. The Bertz CT molecular complexity index is 1460. The average Bonchev–Trinajstić information content (AvgIpc) is 3.51. The van der Waals surface area contributed by atoms with Gasteiger partial charge < -0.3 is 16.0 Å². The topological polar surface area (TPSA) is 96.8 Å². The number of amides is 1. The van der Waals surface area contributed by atoms with Crippen molar-refractivity contribution in [1.29, 1.82) is 0 Å². The van der Waals surface area contributed by atoms with E-state index >= 15 is 0 Å². The summed E-state index contributed by atoms with van der Waals surface area (Å²) < 4.78 is 1.66. The average molecular weight is 613 g/mol. The number of halogens is 3. The summed E-state index contributed by atoms with van der Waals surface area (Å²) in [5.74, 6) is 1.85. The minimum atomic E-state index is -0.495. The Morgan fingerprint density at radius 1 is 0.951 bits per heavy atom. The van der Waals surface area contributed by atoms with E-state index in [0.717, 1.165) is 24.0 Å². The van der Waals surface area contributed by atoms with Crippen LogP contribution in [0.2, 0.25) is 15.1 Å². The molecule has 8 nitrogen and oxygen atoms in total. The number of carbonyl (C=O) groups excluding carboxylic acids is 1. The molecule has 1 aliphatic carbocycles. The molecule has 2 aromatic carbocycles. The first-order valence-corrected chi connectivity index (χ1v) is 14.9. The molecule has 1 fully saturated rings. The highest BCUT2D eigenvalue weighted by Gasteiger charge is 2.25. The van der Waals surface area contributed by atoms with Crippen LogP contribution >= 0.6 is 34.8 Å². The standard InChI is InChI=1S/C30H32Cl3N7O/c31-23-9-4-8-21(14-23)18-35-30-38-27(17-28(39-30)40-13-5-12-36-40)37-26(15-20-6-2-1-3-7-20)29(41)34-19-22-10-11-24(32)16-25(22)33/h4-5,8-14,16-17,20,26H,1-3,6-7,15,18-19H2,(H,34,41)(H2,35,37,38,39)/t26-/m1/s1. The summed E-state index contributed by atoms with van der Waals surface area (Å²) in [5.41, 5.74) is 1.80. The SMILES string of the molecule is O=C(NCc1ccc(Cl)cc1Cl)[C@@H](CC1CCCCC1)Nc1cc(-n2cccn2)nc(NCc2cccc(Cl)c2)n1. The Morgan fingerprint density at radius 3 is 2.54 bits per heavy atom. The Kier molecular flexibility index (Phi) is 9.98. The zero-order chi connectivity index (χ0) is 28.6. The maximum atomic E-state index is 13.6. The second-order valence-corrected chi connectivity index (χ2v) is 11.5. The molecule has 1 saturated carbocycles. The van der Waals surface area contributed by atoms with Crippen LogP contribution in [-0.2, 0) is 17.9 Å². The van der Waals surface area contributed by atoms with E-state index < -0.39 is 6.04 Å². The third-order valence-electron chi connectivity index (χ3n) is 7.19. The van der Waals surface area contributed by atoms with E-state index in [-0.39, 0.29) is 5.91 Å². The number of nitrogens with zero attached hydrogens (tertiary/aromatic N) is 4. The van der Waals surface area contributed by atoms with E-state index in [9.17, 15) is 4.79 Å². The van der Waals surface area contributed by atoms with Crippen molar-refractivity contribution in [3.05, 3.63) is 93.2 Å². The van der Waals surface area contributed by atoms with Crippen LogP contribution in [0.5, 0.6) is 0 Å². The van der Waals surface area contributed by atoms with E-state index in [1.54, 1.807) is 29.1 Å². The second kappa shape index (κ2) is 14.0. The molecule has 0 aliphatic heterocycles. The summed E-state index contributed by atoms with van der Waals surface area (Å²) in [4.78, 5) is 23.0. The summed E-state index contributed by atoms with van der Waals surface area (Å²) in [5, 5.41) is 15.8. The van der Waals surface area contributed by atoms with Crippen LogP contribution in [-0.4, -0.2) is 31.7 Å². The Labute approximate surface area is 254 Å². The van der Waals surface area contributed by atoms with Gasteiger partial charge in [0.25, 0.3) is 0 Å². The molecule has 0 unspecified atom stereocenters. The van der Waals surface area contributed by atoms with Gasteiger partial charge in [0.15, 0.2) is 5.82 Å². The van der Waals surface area contributed by atoms with Crippen molar-refractivity contribution in [3.63, 3.8) is 0 Å². The number of rotatable bonds is 11. The van der Waals surface area contributed by atoms with E-state index in [1.165, 1.54) is 19.3 Å². The van der Waals surface area contributed by atoms with Gasteiger partial charge in [0.05, 0.1) is 0 Å². The molecule has 0 spiro atoms. The lowest BCUT2D eigenvalue weighted by Gasteiger charge is -2.27. The molecule has 0 radical (unpaired) electrons. The van der Waals surface area contributed by atoms with Crippen molar-refractivity contribution < 1.29 is 4.79 Å². The van der Waals surface area contributed by atoms with Gasteiger partial charge in [0, 0.05) is 46.6 Å². The van der Waals surface area contributed by atoms with Crippen molar-refractivity contribution in [3.8, 4) is 5.82 Å². The van der Waals surface area contributed by atoms with Gasteiger partial charge in [-0.2, -0.15) is 15.1 Å². The maximum Gasteiger partial charge on any atom is 0.242 e. The van der Waals surface area contributed by atoms with Crippen LogP contribution in [0.3, 0.4) is 0 Å². The normalized spacial score (nSPS) is 14.4. The summed E-state index contributed by atoms with van der Waals surface area (Å²) in [7, 11) is 0. The van der Waals surface area contributed by atoms with Gasteiger partial charge in [0.2, 0.25) is 11.9 Å². The van der Waals surface area contributed by atoms with Gasteiger partial charge in [-0.1, -0.05) is 85.1 Å². The lowest BCUT2D eigenvalue weighted by molar-refractivity contribution is -0.122. The summed E-state index contributed by atoms with van der Waals surface area (Å²) in [6, 6.07) is 16.0. The monoisotopic (exact) mass is 611 g/mol. The molecule has 11 heteroatoms. The third-order valence-corrected chi connectivity index (χ3v) is 8.01.